The summed E-state index contributed by atoms with van der Waals surface area (Å²) in [7, 11) is 0. The van der Waals surface area contributed by atoms with Crippen LogP contribution in [0.5, 0.6) is 0 Å². The summed E-state index contributed by atoms with van der Waals surface area (Å²) in [6.07, 6.45) is 4.78. The van der Waals surface area contributed by atoms with Crippen LogP contribution >= 0.6 is 11.3 Å². The molecule has 1 aliphatic rings. The highest BCUT2D eigenvalue weighted by Crippen LogP contribution is 2.27. The molecule has 0 fully saturated rings. The molecular weight excluding hydrogens is 362 g/mol. The lowest BCUT2D eigenvalue weighted by atomic mass is 9.97. The molecule has 3 aromatic heterocycles. The molecule has 27 heavy (non-hydrogen) atoms. The first-order chi connectivity index (χ1) is 13.2. The lowest BCUT2D eigenvalue weighted by Crippen LogP contribution is -2.24. The van der Waals surface area contributed by atoms with E-state index in [0.717, 1.165) is 53.9 Å². The van der Waals surface area contributed by atoms with Gasteiger partial charge in [-0.15, -0.1) is 11.3 Å². The van der Waals surface area contributed by atoms with Gasteiger partial charge in [0.25, 0.3) is 5.56 Å². The van der Waals surface area contributed by atoms with Gasteiger partial charge in [0.05, 0.1) is 10.6 Å². The molecule has 0 saturated heterocycles. The number of aromatic amines is 1. The van der Waals surface area contributed by atoms with Gasteiger partial charge >= 0.3 is 0 Å². The molecule has 1 aliphatic carbocycles. The predicted molar refractivity (Wildman–Crippen MR) is 105 cm³/mol. The summed E-state index contributed by atoms with van der Waals surface area (Å²) >= 11 is 1.57. The Labute approximate surface area is 160 Å². The van der Waals surface area contributed by atoms with Gasteiger partial charge < -0.3 is 5.32 Å². The van der Waals surface area contributed by atoms with Crippen molar-refractivity contribution < 1.29 is 4.79 Å². The minimum Gasteiger partial charge on any atom is -0.310 e. The Morgan fingerprint density at radius 2 is 2.22 bits per heavy atom. The number of hydrogen-bond acceptors (Lipinski definition) is 5. The zero-order valence-corrected chi connectivity index (χ0v) is 15.9. The number of H-pyrrole nitrogens is 1. The monoisotopic (exact) mass is 383 g/mol. The molecule has 0 saturated carbocycles. The number of aromatic nitrogens is 4. The largest absolute Gasteiger partial charge is 0.310 e. The van der Waals surface area contributed by atoms with E-state index in [-0.39, 0.29) is 11.5 Å². The van der Waals surface area contributed by atoms with Crippen LogP contribution in [0.1, 0.15) is 43.9 Å². The molecule has 0 radical (unpaired) electrons. The third-order valence-corrected chi connectivity index (χ3v) is 5.50. The maximum atomic E-state index is 12.5. The summed E-state index contributed by atoms with van der Waals surface area (Å²) in [6, 6.07) is 5.74. The molecule has 0 aromatic carbocycles. The van der Waals surface area contributed by atoms with Crippen LogP contribution in [-0.2, 0) is 17.6 Å². The van der Waals surface area contributed by atoms with E-state index >= 15 is 0 Å². The van der Waals surface area contributed by atoms with Crippen molar-refractivity contribution in [2.24, 2.45) is 0 Å². The van der Waals surface area contributed by atoms with Gasteiger partial charge in [0, 0.05) is 18.1 Å². The zero-order valence-electron chi connectivity index (χ0n) is 15.1. The van der Waals surface area contributed by atoms with E-state index in [9.17, 15) is 9.59 Å². The fourth-order valence-corrected chi connectivity index (χ4v) is 3.98. The number of rotatable bonds is 5. The smallest absolute Gasteiger partial charge is 0.255 e. The van der Waals surface area contributed by atoms with Crippen LogP contribution in [0, 0.1) is 0 Å². The van der Waals surface area contributed by atoms with Crippen molar-refractivity contribution in [2.75, 3.05) is 5.32 Å². The highest BCUT2D eigenvalue weighted by molar-refractivity contribution is 7.13. The molecule has 1 amide bonds. The standard InChI is InChI=1S/C19H21N5O2S/c1-2-6-17(25)21-16-11-14(15-9-5-10-27-15)23-24(16)19-20-13-8-4-3-7-12(13)18(26)22-19/h5,9-11H,2-4,6-8H2,1H3,(H,21,25)(H,20,22,26). The van der Waals surface area contributed by atoms with E-state index in [1.54, 1.807) is 11.3 Å². The van der Waals surface area contributed by atoms with Gasteiger partial charge in [-0.1, -0.05) is 13.0 Å². The summed E-state index contributed by atoms with van der Waals surface area (Å²) in [5.41, 5.74) is 2.22. The fraction of sp³-hybridized carbons (Fsp3) is 0.368. The Hall–Kier alpha value is -2.74. The number of aryl methyl sites for hydroxylation is 1. The van der Waals surface area contributed by atoms with Gasteiger partial charge in [0.15, 0.2) is 0 Å². The summed E-state index contributed by atoms with van der Waals surface area (Å²) in [6.45, 7) is 1.95. The van der Waals surface area contributed by atoms with Gasteiger partial charge in [-0.05, 0) is 43.6 Å². The van der Waals surface area contributed by atoms with Crippen molar-refractivity contribution in [2.45, 2.75) is 45.4 Å². The lowest BCUT2D eigenvalue weighted by molar-refractivity contribution is -0.116. The number of fused-ring (bicyclic) bond motifs is 1. The van der Waals surface area contributed by atoms with E-state index in [0.29, 0.717) is 18.2 Å². The van der Waals surface area contributed by atoms with Crippen molar-refractivity contribution >= 4 is 23.1 Å². The number of nitrogens with one attached hydrogen (secondary N) is 2. The molecule has 2 N–H and O–H groups in total. The maximum Gasteiger partial charge on any atom is 0.255 e. The quantitative estimate of drug-likeness (QED) is 0.707. The summed E-state index contributed by atoms with van der Waals surface area (Å²) < 4.78 is 1.53. The first-order valence-electron chi connectivity index (χ1n) is 9.22. The van der Waals surface area contributed by atoms with Crippen molar-refractivity contribution in [3.63, 3.8) is 0 Å². The van der Waals surface area contributed by atoms with E-state index in [1.807, 2.05) is 30.5 Å². The Morgan fingerprint density at radius 3 is 3.00 bits per heavy atom. The fourth-order valence-electron chi connectivity index (χ4n) is 3.30. The van der Waals surface area contributed by atoms with Crippen molar-refractivity contribution in [1.29, 1.82) is 0 Å². The van der Waals surface area contributed by atoms with E-state index in [4.69, 9.17) is 0 Å². The highest BCUT2D eigenvalue weighted by Gasteiger charge is 2.20. The molecule has 0 atom stereocenters. The molecule has 0 unspecified atom stereocenters. The molecular formula is C19H21N5O2S. The Bertz CT molecular complexity index is 1020. The summed E-state index contributed by atoms with van der Waals surface area (Å²) in [5.74, 6) is 0.766. The second-order valence-electron chi connectivity index (χ2n) is 6.62. The number of thiophene rings is 1. The topological polar surface area (TPSA) is 92.7 Å². The highest BCUT2D eigenvalue weighted by atomic mass is 32.1. The van der Waals surface area contributed by atoms with Crippen molar-refractivity contribution in [3.8, 4) is 16.5 Å². The van der Waals surface area contributed by atoms with Crippen LogP contribution in [0.3, 0.4) is 0 Å². The number of nitrogens with zero attached hydrogens (tertiary/aromatic N) is 3. The van der Waals surface area contributed by atoms with E-state index in [1.165, 1.54) is 4.68 Å². The molecule has 7 nitrogen and oxygen atoms in total. The third kappa shape index (κ3) is 3.57. The minimum absolute atomic E-state index is 0.0864. The van der Waals surface area contributed by atoms with E-state index in [2.05, 4.69) is 20.4 Å². The Kier molecular flexibility index (Phi) is 4.89. The average molecular weight is 383 g/mol. The summed E-state index contributed by atoms with van der Waals surface area (Å²) in [4.78, 5) is 33.1. The van der Waals surface area contributed by atoms with Crippen molar-refractivity contribution in [3.05, 3.63) is 45.2 Å². The lowest BCUT2D eigenvalue weighted by Gasteiger charge is -2.15. The van der Waals surface area contributed by atoms with Crippen LogP contribution in [0.4, 0.5) is 5.82 Å². The molecule has 0 bridgehead atoms. The van der Waals surface area contributed by atoms with Gasteiger partial charge in [0.2, 0.25) is 11.9 Å². The second-order valence-corrected chi connectivity index (χ2v) is 7.57. The third-order valence-electron chi connectivity index (χ3n) is 4.61. The normalized spacial score (nSPS) is 13.4. The van der Waals surface area contributed by atoms with Gasteiger partial charge in [-0.2, -0.15) is 9.78 Å². The first kappa shape index (κ1) is 17.7. The van der Waals surface area contributed by atoms with Gasteiger partial charge in [-0.25, -0.2) is 4.98 Å². The molecule has 0 aliphatic heterocycles. The van der Waals surface area contributed by atoms with Crippen LogP contribution in [0.15, 0.2) is 28.4 Å². The molecule has 140 valence electrons. The molecule has 3 heterocycles. The molecule has 3 aromatic rings. The molecule has 0 spiro atoms. The summed E-state index contributed by atoms with van der Waals surface area (Å²) in [5, 5.41) is 9.48. The van der Waals surface area contributed by atoms with Crippen molar-refractivity contribution in [1.82, 2.24) is 19.7 Å². The SMILES string of the molecule is CCCC(=O)Nc1cc(-c2cccs2)nn1-c1nc2c(c(=O)[nH]1)CCCC2. The number of amides is 1. The Balaban J connectivity index is 1.80. The minimum atomic E-state index is -0.117. The van der Waals surface area contributed by atoms with E-state index < -0.39 is 0 Å². The van der Waals surface area contributed by atoms with Crippen LogP contribution in [-0.4, -0.2) is 25.7 Å². The van der Waals surface area contributed by atoms with Gasteiger partial charge in [0.1, 0.15) is 11.5 Å². The number of carbonyl (C=O) groups excluding carboxylic acids is 1. The maximum absolute atomic E-state index is 12.5. The predicted octanol–water partition coefficient (Wildman–Crippen LogP) is 3.30. The number of anilines is 1. The number of carbonyl (C=O) groups is 1. The first-order valence-corrected chi connectivity index (χ1v) is 10.1. The second kappa shape index (κ2) is 7.48. The Morgan fingerprint density at radius 1 is 1.37 bits per heavy atom. The molecule has 8 heteroatoms. The average Bonchev–Trinajstić information content (AvgIpc) is 3.31. The van der Waals surface area contributed by atoms with Gasteiger partial charge in [-0.3, -0.25) is 14.6 Å². The molecule has 4 rings (SSSR count). The van der Waals surface area contributed by atoms with Crippen LogP contribution in [0.2, 0.25) is 0 Å². The number of hydrogen-bond donors (Lipinski definition) is 2. The van der Waals surface area contributed by atoms with Crippen LogP contribution < -0.4 is 10.9 Å². The zero-order chi connectivity index (χ0) is 18.8. The van der Waals surface area contributed by atoms with Crippen LogP contribution in [0.25, 0.3) is 16.5 Å².